The van der Waals surface area contributed by atoms with E-state index in [2.05, 4.69) is 4.74 Å². The first-order valence-corrected chi connectivity index (χ1v) is 5.12. The number of methoxy groups -OCH3 is 1. The van der Waals surface area contributed by atoms with E-state index in [0.717, 1.165) is 0 Å². The monoisotopic (exact) mass is 232 g/mol. The van der Waals surface area contributed by atoms with E-state index < -0.39 is 0 Å². The van der Waals surface area contributed by atoms with Gasteiger partial charge in [0.05, 0.1) is 15.6 Å². The summed E-state index contributed by atoms with van der Waals surface area (Å²) in [6, 6.07) is 3.26. The fourth-order valence-corrected chi connectivity index (χ4v) is 1.92. The third kappa shape index (κ3) is 3.21. The van der Waals surface area contributed by atoms with Gasteiger partial charge in [0.25, 0.3) is 0 Å². The fraction of sp³-hybridized carbons (Fsp3) is 0.333. The molecular weight excluding hydrogens is 224 g/mol. The number of Topliss-reactive ketones (excluding diaryl/α,β-unsaturated/α-hetero) is 2. The third-order valence-corrected chi connectivity index (χ3v) is 2.78. The Morgan fingerprint density at radius 2 is 2.21 bits per heavy atom. The van der Waals surface area contributed by atoms with Crippen molar-refractivity contribution in [2.24, 2.45) is 0 Å². The summed E-state index contributed by atoms with van der Waals surface area (Å²) in [7, 11) is 1.42. The zero-order chi connectivity index (χ0) is 10.6. The molecule has 0 spiro atoms. The van der Waals surface area contributed by atoms with Crippen LogP contribution in [-0.4, -0.2) is 25.3 Å². The Kier molecular flexibility index (Phi) is 4.25. The van der Waals surface area contributed by atoms with Crippen LogP contribution < -0.4 is 0 Å². The second kappa shape index (κ2) is 5.24. The minimum Gasteiger partial charge on any atom is -0.377 e. The molecule has 3 nitrogen and oxygen atoms in total. The first kappa shape index (κ1) is 11.4. The maximum absolute atomic E-state index is 11.4. The first-order chi connectivity index (χ1) is 6.63. The van der Waals surface area contributed by atoms with Crippen LogP contribution >= 0.6 is 22.9 Å². The van der Waals surface area contributed by atoms with E-state index in [0.29, 0.717) is 9.21 Å². The predicted octanol–water partition coefficient (Wildman–Crippen LogP) is 2.19. The lowest BCUT2D eigenvalue weighted by Crippen LogP contribution is -2.11. The highest BCUT2D eigenvalue weighted by Gasteiger charge is 2.13. The van der Waals surface area contributed by atoms with Crippen LogP contribution in [0, 0.1) is 0 Å². The van der Waals surface area contributed by atoms with Gasteiger partial charge >= 0.3 is 0 Å². The Bertz CT molecular complexity index is 346. The van der Waals surface area contributed by atoms with Crippen LogP contribution in [0.1, 0.15) is 16.1 Å². The van der Waals surface area contributed by atoms with Crippen LogP contribution in [-0.2, 0) is 9.53 Å². The van der Waals surface area contributed by atoms with Gasteiger partial charge in [-0.1, -0.05) is 11.6 Å². The van der Waals surface area contributed by atoms with E-state index >= 15 is 0 Å². The summed E-state index contributed by atoms with van der Waals surface area (Å²) in [5, 5.41) is 0. The molecule has 1 rings (SSSR count). The highest BCUT2D eigenvalue weighted by Crippen LogP contribution is 2.22. The largest absolute Gasteiger partial charge is 0.377 e. The van der Waals surface area contributed by atoms with Crippen molar-refractivity contribution in [1.82, 2.24) is 0 Å². The van der Waals surface area contributed by atoms with Crippen LogP contribution in [0.3, 0.4) is 0 Å². The summed E-state index contributed by atoms with van der Waals surface area (Å²) in [5.41, 5.74) is 0. The van der Waals surface area contributed by atoms with Gasteiger partial charge in [-0.25, -0.2) is 0 Å². The molecule has 0 radical (unpaired) electrons. The molecule has 0 aliphatic carbocycles. The Hall–Kier alpha value is -0.710. The van der Waals surface area contributed by atoms with Crippen molar-refractivity contribution < 1.29 is 14.3 Å². The summed E-state index contributed by atoms with van der Waals surface area (Å²) < 4.78 is 5.17. The highest BCUT2D eigenvalue weighted by molar-refractivity contribution is 7.18. The van der Waals surface area contributed by atoms with Gasteiger partial charge < -0.3 is 4.74 Å². The van der Waals surface area contributed by atoms with Gasteiger partial charge in [-0.3, -0.25) is 9.59 Å². The predicted molar refractivity (Wildman–Crippen MR) is 55.2 cm³/mol. The third-order valence-electron chi connectivity index (χ3n) is 1.51. The van der Waals surface area contributed by atoms with Crippen molar-refractivity contribution in [3.05, 3.63) is 21.3 Å². The van der Waals surface area contributed by atoms with E-state index in [9.17, 15) is 9.59 Å². The molecular formula is C9H9ClO3S. The smallest absolute Gasteiger partial charge is 0.180 e. The van der Waals surface area contributed by atoms with E-state index in [1.807, 2.05) is 0 Å². The first-order valence-electron chi connectivity index (χ1n) is 3.92. The molecule has 0 N–H and O–H groups in total. The quantitative estimate of drug-likeness (QED) is 0.577. The Balaban J connectivity index is 2.55. The number of rotatable bonds is 5. The van der Waals surface area contributed by atoms with Gasteiger partial charge in [0, 0.05) is 7.11 Å². The van der Waals surface area contributed by atoms with E-state index in [-0.39, 0.29) is 24.6 Å². The van der Waals surface area contributed by atoms with Gasteiger partial charge in [0.1, 0.15) is 6.61 Å². The highest BCUT2D eigenvalue weighted by atomic mass is 35.5. The molecule has 0 aliphatic rings. The van der Waals surface area contributed by atoms with Crippen molar-refractivity contribution in [3.8, 4) is 0 Å². The summed E-state index contributed by atoms with van der Waals surface area (Å²) >= 11 is 6.84. The fourth-order valence-electron chi connectivity index (χ4n) is 0.942. The van der Waals surface area contributed by atoms with E-state index in [1.165, 1.54) is 18.4 Å². The van der Waals surface area contributed by atoms with Gasteiger partial charge in [0.2, 0.25) is 0 Å². The summed E-state index contributed by atoms with van der Waals surface area (Å²) in [6.07, 6.45) is -0.120. The van der Waals surface area contributed by atoms with Gasteiger partial charge in [-0.2, -0.15) is 0 Å². The van der Waals surface area contributed by atoms with Crippen molar-refractivity contribution in [1.29, 1.82) is 0 Å². The molecule has 0 atom stereocenters. The summed E-state index contributed by atoms with van der Waals surface area (Å²) in [6.45, 7) is -0.0230. The maximum atomic E-state index is 11.4. The standard InChI is InChI=1S/C9H9ClO3S/c1-13-5-6(11)4-7(12)8-2-3-9(10)14-8/h2-3H,4-5H2,1H3. The Morgan fingerprint density at radius 1 is 1.50 bits per heavy atom. The second-order valence-corrected chi connectivity index (χ2v) is 4.39. The number of halogens is 1. The molecule has 5 heteroatoms. The van der Waals surface area contributed by atoms with Crippen LogP contribution in [0.4, 0.5) is 0 Å². The number of thiophene rings is 1. The van der Waals surface area contributed by atoms with Crippen molar-refractivity contribution in [2.45, 2.75) is 6.42 Å². The lowest BCUT2D eigenvalue weighted by atomic mass is 10.2. The zero-order valence-corrected chi connectivity index (χ0v) is 9.15. The second-order valence-electron chi connectivity index (χ2n) is 2.68. The lowest BCUT2D eigenvalue weighted by Gasteiger charge is -1.96. The van der Waals surface area contributed by atoms with Crippen LogP contribution in [0.15, 0.2) is 12.1 Å². The topological polar surface area (TPSA) is 43.4 Å². The molecule has 0 unspecified atom stereocenters. The van der Waals surface area contributed by atoms with E-state index in [4.69, 9.17) is 11.6 Å². The number of carbonyl (C=O) groups excluding carboxylic acids is 2. The van der Waals surface area contributed by atoms with Crippen molar-refractivity contribution in [2.75, 3.05) is 13.7 Å². The minimum atomic E-state index is -0.220. The number of carbonyl (C=O) groups is 2. The zero-order valence-electron chi connectivity index (χ0n) is 7.58. The van der Waals surface area contributed by atoms with E-state index in [1.54, 1.807) is 12.1 Å². The molecule has 1 aromatic heterocycles. The molecule has 0 bridgehead atoms. The average Bonchev–Trinajstić information content (AvgIpc) is 2.52. The average molecular weight is 233 g/mol. The van der Waals surface area contributed by atoms with Crippen molar-refractivity contribution in [3.63, 3.8) is 0 Å². The molecule has 0 fully saturated rings. The molecule has 1 aromatic rings. The van der Waals surface area contributed by atoms with Gasteiger partial charge in [-0.15, -0.1) is 11.3 Å². The molecule has 14 heavy (non-hydrogen) atoms. The SMILES string of the molecule is COCC(=O)CC(=O)c1ccc(Cl)s1. The molecule has 0 aromatic carbocycles. The molecule has 0 aliphatic heterocycles. The van der Waals surface area contributed by atoms with Crippen LogP contribution in [0.2, 0.25) is 4.34 Å². The molecule has 0 amide bonds. The number of hydrogen-bond acceptors (Lipinski definition) is 4. The number of ether oxygens (including phenoxy) is 1. The maximum Gasteiger partial charge on any atom is 0.180 e. The normalized spacial score (nSPS) is 10.1. The summed E-state index contributed by atoms with van der Waals surface area (Å²) in [4.78, 5) is 23.0. The molecule has 0 saturated carbocycles. The van der Waals surface area contributed by atoms with Crippen LogP contribution in [0.5, 0.6) is 0 Å². The number of ketones is 2. The lowest BCUT2D eigenvalue weighted by molar-refractivity contribution is -0.121. The molecule has 1 heterocycles. The van der Waals surface area contributed by atoms with Crippen molar-refractivity contribution >= 4 is 34.5 Å². The Labute approximate surface area is 90.6 Å². The number of hydrogen-bond donors (Lipinski definition) is 0. The summed E-state index contributed by atoms with van der Waals surface area (Å²) in [5.74, 6) is -0.425. The molecule has 76 valence electrons. The molecule has 0 saturated heterocycles. The minimum absolute atomic E-state index is 0.0230. The Morgan fingerprint density at radius 3 is 2.71 bits per heavy atom. The van der Waals surface area contributed by atoms with Crippen LogP contribution in [0.25, 0.3) is 0 Å². The van der Waals surface area contributed by atoms with Gasteiger partial charge in [-0.05, 0) is 12.1 Å². The van der Waals surface area contributed by atoms with Gasteiger partial charge in [0.15, 0.2) is 11.6 Å².